The fourth-order valence-electron chi connectivity index (χ4n) is 2.96. The lowest BCUT2D eigenvalue weighted by molar-refractivity contribution is 0.261. The molecule has 1 unspecified atom stereocenters. The van der Waals surface area contributed by atoms with Gasteiger partial charge in [0.1, 0.15) is 0 Å². The second-order valence-corrected chi connectivity index (χ2v) is 6.39. The van der Waals surface area contributed by atoms with Crippen molar-refractivity contribution in [3.05, 3.63) is 34.9 Å². The fraction of sp³-hybridized carbons (Fsp3) is 0.647. The summed E-state index contributed by atoms with van der Waals surface area (Å²) in [5.41, 5.74) is 1.34. The molecule has 1 atom stereocenters. The van der Waals surface area contributed by atoms with Gasteiger partial charge in [0.05, 0.1) is 0 Å². The van der Waals surface area contributed by atoms with Crippen LogP contribution >= 0.6 is 11.6 Å². The molecule has 118 valence electrons. The zero-order chi connectivity index (χ0) is 15.1. The zero-order valence-electron chi connectivity index (χ0n) is 13.3. The van der Waals surface area contributed by atoms with Crippen molar-refractivity contribution >= 4 is 11.6 Å². The van der Waals surface area contributed by atoms with Gasteiger partial charge in [-0.25, -0.2) is 0 Å². The number of nitrogens with one attached hydrogen (secondary N) is 1. The lowest BCUT2D eigenvalue weighted by Crippen LogP contribution is -2.32. The summed E-state index contributed by atoms with van der Waals surface area (Å²) in [6, 6.07) is 8.69. The van der Waals surface area contributed by atoms with Crippen molar-refractivity contribution in [3.63, 3.8) is 0 Å². The van der Waals surface area contributed by atoms with Crippen molar-refractivity contribution < 1.29 is 0 Å². The Bertz CT molecular complexity index is 407. The predicted molar refractivity (Wildman–Crippen MR) is 91.0 cm³/mol. The Morgan fingerprint density at radius 3 is 2.62 bits per heavy atom. The van der Waals surface area contributed by atoms with Gasteiger partial charge < -0.3 is 15.1 Å². The second-order valence-electron chi connectivity index (χ2n) is 5.95. The number of benzene rings is 1. The molecular weight excluding hydrogens is 282 g/mol. The maximum absolute atomic E-state index is 5.99. The summed E-state index contributed by atoms with van der Waals surface area (Å²) in [6.45, 7) is 9.16. The monoisotopic (exact) mass is 309 g/mol. The smallest absolute Gasteiger partial charge is 0.0406 e. The van der Waals surface area contributed by atoms with Gasteiger partial charge >= 0.3 is 0 Å². The Kier molecular flexibility index (Phi) is 6.97. The van der Waals surface area contributed by atoms with E-state index in [9.17, 15) is 0 Å². The van der Waals surface area contributed by atoms with Crippen molar-refractivity contribution in [2.75, 3.05) is 46.3 Å². The van der Waals surface area contributed by atoms with E-state index in [-0.39, 0.29) is 0 Å². The van der Waals surface area contributed by atoms with E-state index in [1.165, 1.54) is 38.2 Å². The van der Waals surface area contributed by atoms with Crippen molar-refractivity contribution in [2.45, 2.75) is 25.8 Å². The summed E-state index contributed by atoms with van der Waals surface area (Å²) in [5.74, 6) is 0. The van der Waals surface area contributed by atoms with E-state index >= 15 is 0 Å². The van der Waals surface area contributed by atoms with Crippen LogP contribution in [0.2, 0.25) is 5.02 Å². The number of halogens is 1. The maximum Gasteiger partial charge on any atom is 0.0406 e. The molecule has 0 amide bonds. The second kappa shape index (κ2) is 8.74. The minimum absolute atomic E-state index is 0.424. The number of likely N-dealkylation sites (N-methyl/N-ethyl adjacent to an activating group) is 1. The first-order valence-corrected chi connectivity index (χ1v) is 8.46. The van der Waals surface area contributed by atoms with E-state index < -0.39 is 0 Å². The maximum atomic E-state index is 5.99. The van der Waals surface area contributed by atoms with E-state index in [0.717, 1.165) is 24.5 Å². The highest BCUT2D eigenvalue weighted by Gasteiger charge is 2.15. The highest BCUT2D eigenvalue weighted by molar-refractivity contribution is 6.30. The third-order valence-electron chi connectivity index (χ3n) is 4.27. The van der Waals surface area contributed by atoms with E-state index in [1.807, 2.05) is 12.1 Å². The van der Waals surface area contributed by atoms with Crippen LogP contribution in [0.5, 0.6) is 0 Å². The minimum Gasteiger partial charge on any atom is -0.310 e. The molecule has 1 aromatic carbocycles. The summed E-state index contributed by atoms with van der Waals surface area (Å²) in [7, 11) is 2.22. The van der Waals surface area contributed by atoms with Gasteiger partial charge in [0.25, 0.3) is 0 Å². The van der Waals surface area contributed by atoms with Crippen molar-refractivity contribution in [3.8, 4) is 0 Å². The Hall–Kier alpha value is -0.610. The first-order chi connectivity index (χ1) is 10.2. The van der Waals surface area contributed by atoms with E-state index in [0.29, 0.717) is 6.04 Å². The van der Waals surface area contributed by atoms with Gasteiger partial charge in [-0.2, -0.15) is 0 Å². The van der Waals surface area contributed by atoms with Gasteiger partial charge in [0, 0.05) is 24.2 Å². The fourth-order valence-corrected chi connectivity index (χ4v) is 3.09. The SMILES string of the molecule is CCNC(CCN1CCCN(C)CC1)c1ccc(Cl)cc1. The number of hydrogen-bond donors (Lipinski definition) is 1. The van der Waals surface area contributed by atoms with Crippen LogP contribution in [-0.2, 0) is 0 Å². The van der Waals surface area contributed by atoms with Crippen LogP contribution in [0.4, 0.5) is 0 Å². The summed E-state index contributed by atoms with van der Waals surface area (Å²) in [4.78, 5) is 5.03. The number of rotatable bonds is 6. The van der Waals surface area contributed by atoms with Gasteiger partial charge in [-0.15, -0.1) is 0 Å². The lowest BCUT2D eigenvalue weighted by Gasteiger charge is -2.24. The molecule has 0 spiro atoms. The zero-order valence-corrected chi connectivity index (χ0v) is 14.1. The molecule has 1 aromatic rings. The van der Waals surface area contributed by atoms with Crippen LogP contribution in [-0.4, -0.2) is 56.1 Å². The molecule has 0 radical (unpaired) electrons. The summed E-state index contributed by atoms with van der Waals surface area (Å²) in [5, 5.41) is 4.41. The van der Waals surface area contributed by atoms with E-state index in [2.05, 4.69) is 41.2 Å². The van der Waals surface area contributed by atoms with Crippen LogP contribution in [0.1, 0.15) is 31.4 Å². The molecule has 0 aromatic heterocycles. The average Bonchev–Trinajstić information content (AvgIpc) is 2.69. The normalized spacial score (nSPS) is 19.4. The quantitative estimate of drug-likeness (QED) is 0.871. The largest absolute Gasteiger partial charge is 0.310 e. The van der Waals surface area contributed by atoms with Crippen LogP contribution in [0.15, 0.2) is 24.3 Å². The molecule has 2 rings (SSSR count). The molecule has 0 saturated carbocycles. The Balaban J connectivity index is 1.89. The lowest BCUT2D eigenvalue weighted by atomic mass is 10.0. The molecular formula is C17H28ClN3. The van der Waals surface area contributed by atoms with Gasteiger partial charge in [0.15, 0.2) is 0 Å². The molecule has 1 heterocycles. The highest BCUT2D eigenvalue weighted by Crippen LogP contribution is 2.20. The molecule has 1 aliphatic heterocycles. The first-order valence-electron chi connectivity index (χ1n) is 8.08. The third kappa shape index (κ3) is 5.59. The summed E-state index contributed by atoms with van der Waals surface area (Å²) < 4.78 is 0. The van der Waals surface area contributed by atoms with Gasteiger partial charge in [-0.3, -0.25) is 0 Å². The highest BCUT2D eigenvalue weighted by atomic mass is 35.5. The van der Waals surface area contributed by atoms with Crippen LogP contribution in [0, 0.1) is 0 Å². The standard InChI is InChI=1S/C17H28ClN3/c1-3-19-17(15-5-7-16(18)8-6-15)9-12-21-11-4-10-20(2)13-14-21/h5-8,17,19H,3-4,9-14H2,1-2H3. The van der Waals surface area contributed by atoms with Gasteiger partial charge in [-0.1, -0.05) is 30.7 Å². The molecule has 4 heteroatoms. The molecule has 1 N–H and O–H groups in total. The average molecular weight is 310 g/mol. The van der Waals surface area contributed by atoms with Crippen molar-refractivity contribution in [1.29, 1.82) is 0 Å². The van der Waals surface area contributed by atoms with Crippen molar-refractivity contribution in [1.82, 2.24) is 15.1 Å². The van der Waals surface area contributed by atoms with Gasteiger partial charge in [0.2, 0.25) is 0 Å². The van der Waals surface area contributed by atoms with Crippen LogP contribution in [0.3, 0.4) is 0 Å². The summed E-state index contributed by atoms with van der Waals surface area (Å²) >= 11 is 5.99. The molecule has 0 aliphatic carbocycles. The van der Waals surface area contributed by atoms with Crippen molar-refractivity contribution in [2.24, 2.45) is 0 Å². The van der Waals surface area contributed by atoms with Gasteiger partial charge in [-0.05, 0) is 63.8 Å². The number of nitrogens with zero attached hydrogens (tertiary/aromatic N) is 2. The molecule has 1 aliphatic rings. The molecule has 0 bridgehead atoms. The Morgan fingerprint density at radius 1 is 1.14 bits per heavy atom. The van der Waals surface area contributed by atoms with E-state index in [4.69, 9.17) is 11.6 Å². The third-order valence-corrected chi connectivity index (χ3v) is 4.52. The topological polar surface area (TPSA) is 18.5 Å². The first kappa shape index (κ1) is 16.8. The van der Waals surface area contributed by atoms with E-state index in [1.54, 1.807) is 0 Å². The Labute approximate surface area is 134 Å². The minimum atomic E-state index is 0.424. The molecule has 1 fully saturated rings. The van der Waals surface area contributed by atoms with Crippen LogP contribution < -0.4 is 5.32 Å². The number of hydrogen-bond acceptors (Lipinski definition) is 3. The molecule has 21 heavy (non-hydrogen) atoms. The summed E-state index contributed by atoms with van der Waals surface area (Å²) in [6.07, 6.45) is 2.43. The Morgan fingerprint density at radius 2 is 1.90 bits per heavy atom. The van der Waals surface area contributed by atoms with Crippen LogP contribution in [0.25, 0.3) is 0 Å². The molecule has 1 saturated heterocycles. The predicted octanol–water partition coefficient (Wildman–Crippen LogP) is 3.02. The molecule has 3 nitrogen and oxygen atoms in total.